The third-order valence-corrected chi connectivity index (χ3v) is 2.61. The number of carbonyl (C=O) groups excluding carboxylic acids is 2. The second-order valence-corrected chi connectivity index (χ2v) is 4.37. The Hall–Kier alpha value is -2.44. The Balaban J connectivity index is 2.62. The molecule has 0 aromatic carbocycles. The number of aliphatic carboxylic acids is 1. The summed E-state index contributed by atoms with van der Waals surface area (Å²) in [7, 11) is 0. The molecule has 0 saturated heterocycles. The SMILES string of the molecule is CCN=C1C=CC(CN(OC(=O)CC(=O)O)C(C)=O)=CC1. The zero-order chi connectivity index (χ0) is 15.8. The molecule has 1 N–H and O–H groups in total. The van der Waals surface area contributed by atoms with Crippen LogP contribution in [0.25, 0.3) is 0 Å². The predicted octanol–water partition coefficient (Wildman–Crippen LogP) is 1.11. The van der Waals surface area contributed by atoms with Gasteiger partial charge in [-0.25, -0.2) is 4.79 Å². The lowest BCUT2D eigenvalue weighted by Gasteiger charge is -2.20. The van der Waals surface area contributed by atoms with Crippen LogP contribution in [-0.4, -0.2) is 46.8 Å². The van der Waals surface area contributed by atoms with Gasteiger partial charge in [-0.05, 0) is 18.6 Å². The van der Waals surface area contributed by atoms with Gasteiger partial charge in [0.1, 0.15) is 6.42 Å². The molecule has 0 aliphatic heterocycles. The van der Waals surface area contributed by atoms with Crippen LogP contribution in [0.15, 0.2) is 28.8 Å². The molecule has 1 rings (SSSR count). The molecular formula is C14H18N2O5. The van der Waals surface area contributed by atoms with Crippen LogP contribution >= 0.6 is 0 Å². The van der Waals surface area contributed by atoms with Gasteiger partial charge in [-0.2, -0.15) is 5.06 Å². The third-order valence-electron chi connectivity index (χ3n) is 2.61. The van der Waals surface area contributed by atoms with Crippen LogP contribution in [0.2, 0.25) is 0 Å². The Bertz CT molecular complexity index is 519. The summed E-state index contributed by atoms with van der Waals surface area (Å²) in [5, 5.41) is 9.35. The molecule has 0 saturated carbocycles. The summed E-state index contributed by atoms with van der Waals surface area (Å²) in [4.78, 5) is 42.2. The molecule has 0 heterocycles. The van der Waals surface area contributed by atoms with E-state index in [0.717, 1.165) is 16.3 Å². The summed E-state index contributed by atoms with van der Waals surface area (Å²) in [6, 6.07) is 0. The van der Waals surface area contributed by atoms with Gasteiger partial charge in [-0.1, -0.05) is 12.2 Å². The lowest BCUT2D eigenvalue weighted by atomic mass is 10.1. The van der Waals surface area contributed by atoms with Crippen LogP contribution in [0, 0.1) is 0 Å². The Morgan fingerprint density at radius 3 is 2.57 bits per heavy atom. The largest absolute Gasteiger partial charge is 0.481 e. The number of carboxylic acid groups (broad SMARTS) is 1. The number of allylic oxidation sites excluding steroid dienone is 2. The number of carboxylic acids is 1. The lowest BCUT2D eigenvalue weighted by Crippen LogP contribution is -2.34. The van der Waals surface area contributed by atoms with E-state index in [0.29, 0.717) is 13.0 Å². The number of hydroxylamine groups is 2. The molecule has 1 aliphatic carbocycles. The second kappa shape index (κ2) is 7.98. The first-order chi connectivity index (χ1) is 9.92. The monoisotopic (exact) mass is 294 g/mol. The summed E-state index contributed by atoms with van der Waals surface area (Å²) >= 11 is 0. The molecule has 0 aromatic rings. The maximum Gasteiger partial charge on any atom is 0.343 e. The van der Waals surface area contributed by atoms with E-state index in [1.165, 1.54) is 6.92 Å². The molecule has 0 fully saturated rings. The molecule has 0 spiro atoms. The number of nitrogens with zero attached hydrogens (tertiary/aromatic N) is 2. The third kappa shape index (κ3) is 6.03. The van der Waals surface area contributed by atoms with E-state index < -0.39 is 24.3 Å². The first kappa shape index (κ1) is 16.6. The molecule has 1 amide bonds. The summed E-state index contributed by atoms with van der Waals surface area (Å²) in [5.74, 6) is -2.76. The number of hydrogen-bond donors (Lipinski definition) is 1. The van der Waals surface area contributed by atoms with E-state index >= 15 is 0 Å². The molecule has 0 atom stereocenters. The Kier molecular flexibility index (Phi) is 6.32. The molecule has 7 heteroatoms. The van der Waals surface area contributed by atoms with Gasteiger partial charge in [0.05, 0.1) is 6.54 Å². The molecule has 0 radical (unpaired) electrons. The summed E-state index contributed by atoms with van der Waals surface area (Å²) < 4.78 is 0. The van der Waals surface area contributed by atoms with E-state index in [9.17, 15) is 14.4 Å². The van der Waals surface area contributed by atoms with Crippen molar-refractivity contribution in [1.82, 2.24) is 5.06 Å². The van der Waals surface area contributed by atoms with Crippen LogP contribution in [0.3, 0.4) is 0 Å². The van der Waals surface area contributed by atoms with Gasteiger partial charge in [0.25, 0.3) is 5.91 Å². The van der Waals surface area contributed by atoms with E-state index in [2.05, 4.69) is 4.99 Å². The number of hydrogen-bond acceptors (Lipinski definition) is 5. The maximum atomic E-state index is 11.4. The van der Waals surface area contributed by atoms with Gasteiger partial charge in [-0.3, -0.25) is 14.6 Å². The highest BCUT2D eigenvalue weighted by atomic mass is 16.7. The fourth-order valence-electron chi connectivity index (χ4n) is 1.66. The normalized spacial score (nSPS) is 15.5. The number of aliphatic imine (C=N–C) groups is 1. The van der Waals surface area contributed by atoms with Crippen molar-refractivity contribution in [2.75, 3.05) is 13.1 Å². The van der Waals surface area contributed by atoms with E-state index in [1.807, 2.05) is 19.1 Å². The minimum absolute atomic E-state index is 0.0800. The summed E-state index contributed by atoms with van der Waals surface area (Å²) in [5.41, 5.74) is 1.74. The van der Waals surface area contributed by atoms with Crippen LogP contribution < -0.4 is 0 Å². The molecule has 114 valence electrons. The highest BCUT2D eigenvalue weighted by molar-refractivity contribution is 5.97. The van der Waals surface area contributed by atoms with Crippen LogP contribution in [0.5, 0.6) is 0 Å². The Morgan fingerprint density at radius 2 is 2.10 bits per heavy atom. The van der Waals surface area contributed by atoms with Crippen molar-refractivity contribution in [2.45, 2.75) is 26.7 Å². The molecule has 1 aliphatic rings. The quantitative estimate of drug-likeness (QED) is 0.605. The fourth-order valence-corrected chi connectivity index (χ4v) is 1.66. The number of rotatable bonds is 5. The maximum absolute atomic E-state index is 11.4. The minimum atomic E-state index is -1.30. The predicted molar refractivity (Wildman–Crippen MR) is 75.5 cm³/mol. The fraction of sp³-hybridized carbons (Fsp3) is 0.429. The van der Waals surface area contributed by atoms with E-state index in [1.54, 1.807) is 6.08 Å². The smallest absolute Gasteiger partial charge is 0.343 e. The van der Waals surface area contributed by atoms with Gasteiger partial charge in [0, 0.05) is 25.6 Å². The lowest BCUT2D eigenvalue weighted by molar-refractivity contribution is -0.196. The minimum Gasteiger partial charge on any atom is -0.481 e. The molecular weight excluding hydrogens is 276 g/mol. The number of carbonyl (C=O) groups is 3. The van der Waals surface area contributed by atoms with Crippen LogP contribution in [-0.2, 0) is 19.2 Å². The van der Waals surface area contributed by atoms with E-state index in [-0.39, 0.29) is 6.54 Å². The zero-order valence-electron chi connectivity index (χ0n) is 12.0. The molecule has 0 bridgehead atoms. The molecule has 0 aromatic heterocycles. The number of amides is 1. The first-order valence-electron chi connectivity index (χ1n) is 6.53. The first-order valence-corrected chi connectivity index (χ1v) is 6.53. The highest BCUT2D eigenvalue weighted by Gasteiger charge is 2.18. The average molecular weight is 294 g/mol. The highest BCUT2D eigenvalue weighted by Crippen LogP contribution is 2.11. The van der Waals surface area contributed by atoms with E-state index in [4.69, 9.17) is 9.94 Å². The summed E-state index contributed by atoms with van der Waals surface area (Å²) in [6.45, 7) is 3.97. The van der Waals surface area contributed by atoms with Gasteiger partial charge < -0.3 is 9.94 Å². The molecule has 0 unspecified atom stereocenters. The van der Waals surface area contributed by atoms with Crippen molar-refractivity contribution in [1.29, 1.82) is 0 Å². The van der Waals surface area contributed by atoms with Crippen molar-refractivity contribution >= 4 is 23.6 Å². The Labute approximate surface area is 122 Å². The van der Waals surface area contributed by atoms with Crippen molar-refractivity contribution in [3.8, 4) is 0 Å². The van der Waals surface area contributed by atoms with Crippen LogP contribution in [0.4, 0.5) is 0 Å². The van der Waals surface area contributed by atoms with Gasteiger partial charge in [0.15, 0.2) is 0 Å². The zero-order valence-corrected chi connectivity index (χ0v) is 12.0. The Morgan fingerprint density at radius 1 is 1.38 bits per heavy atom. The van der Waals surface area contributed by atoms with Gasteiger partial charge in [-0.15, -0.1) is 0 Å². The topological polar surface area (TPSA) is 96.3 Å². The van der Waals surface area contributed by atoms with Crippen molar-refractivity contribution in [3.63, 3.8) is 0 Å². The average Bonchev–Trinajstić information content (AvgIpc) is 2.39. The molecule has 7 nitrogen and oxygen atoms in total. The van der Waals surface area contributed by atoms with Crippen LogP contribution in [0.1, 0.15) is 26.7 Å². The molecule has 21 heavy (non-hydrogen) atoms. The van der Waals surface area contributed by atoms with Gasteiger partial charge in [0.2, 0.25) is 0 Å². The van der Waals surface area contributed by atoms with Crippen molar-refractivity contribution in [3.05, 3.63) is 23.8 Å². The standard InChI is InChI=1S/C14H18N2O5/c1-3-15-12-6-4-11(5-7-12)9-16(10(2)17)21-14(20)8-13(18)19/h4-6H,3,7-9H2,1-2H3,(H,18,19). The van der Waals surface area contributed by atoms with Crippen molar-refractivity contribution < 1.29 is 24.3 Å². The van der Waals surface area contributed by atoms with Gasteiger partial charge >= 0.3 is 11.9 Å². The van der Waals surface area contributed by atoms with Crippen molar-refractivity contribution in [2.24, 2.45) is 4.99 Å². The second-order valence-electron chi connectivity index (χ2n) is 4.37. The summed E-state index contributed by atoms with van der Waals surface area (Å²) in [6.07, 6.45) is 5.38.